The fourth-order valence-corrected chi connectivity index (χ4v) is 3.77. The third kappa shape index (κ3) is 7.68. The van der Waals surface area contributed by atoms with E-state index in [9.17, 15) is 9.50 Å². The number of benzene rings is 1. The van der Waals surface area contributed by atoms with Gasteiger partial charge in [0, 0.05) is 64.5 Å². The molecule has 0 fully saturated rings. The van der Waals surface area contributed by atoms with Gasteiger partial charge in [-0.25, -0.2) is 4.39 Å². The SMILES string of the molecule is C=CC/C=C\C(C)c1c(C(O)c2cccnc2)c(-c2ccc(Cl)cc2F)cn1C.CC.CCC. The lowest BCUT2D eigenvalue weighted by Gasteiger charge is -2.18. The van der Waals surface area contributed by atoms with Crippen LogP contribution in [0, 0.1) is 5.82 Å². The summed E-state index contributed by atoms with van der Waals surface area (Å²) in [6, 6.07) is 8.18. The number of aromatic nitrogens is 2. The first-order chi connectivity index (χ1) is 16.3. The van der Waals surface area contributed by atoms with E-state index >= 15 is 0 Å². The third-order valence-corrected chi connectivity index (χ3v) is 5.16. The molecule has 0 saturated carbocycles. The van der Waals surface area contributed by atoms with Crippen LogP contribution in [0.5, 0.6) is 0 Å². The number of allylic oxidation sites excluding steroid dienone is 3. The molecule has 34 heavy (non-hydrogen) atoms. The molecule has 0 bridgehead atoms. The van der Waals surface area contributed by atoms with Gasteiger partial charge >= 0.3 is 0 Å². The molecule has 0 spiro atoms. The zero-order valence-corrected chi connectivity index (χ0v) is 22.0. The molecule has 0 saturated heterocycles. The van der Waals surface area contributed by atoms with Gasteiger partial charge in [-0.15, -0.1) is 6.58 Å². The number of aryl methyl sites for hydroxylation is 1. The fraction of sp³-hybridized carbons (Fsp3) is 0.345. The zero-order chi connectivity index (χ0) is 25.7. The lowest BCUT2D eigenvalue weighted by Crippen LogP contribution is -2.08. The summed E-state index contributed by atoms with van der Waals surface area (Å²) >= 11 is 5.94. The first-order valence-corrected chi connectivity index (χ1v) is 12.2. The van der Waals surface area contributed by atoms with E-state index in [0.29, 0.717) is 27.3 Å². The number of halogens is 2. The summed E-state index contributed by atoms with van der Waals surface area (Å²) in [6.45, 7) is 14.0. The van der Waals surface area contributed by atoms with E-state index in [1.807, 2.05) is 49.9 Å². The minimum absolute atomic E-state index is 0.00498. The highest BCUT2D eigenvalue weighted by Crippen LogP contribution is 2.40. The average molecular weight is 485 g/mol. The Labute approximate surface area is 209 Å². The Morgan fingerprint density at radius 3 is 2.44 bits per heavy atom. The van der Waals surface area contributed by atoms with Crippen LogP contribution in [0.25, 0.3) is 11.1 Å². The molecule has 0 radical (unpaired) electrons. The van der Waals surface area contributed by atoms with E-state index in [1.165, 1.54) is 12.5 Å². The van der Waals surface area contributed by atoms with Crippen molar-refractivity contribution in [3.05, 3.63) is 101 Å². The maximum atomic E-state index is 14.8. The molecule has 1 aromatic carbocycles. The second-order valence-corrected chi connectivity index (χ2v) is 8.15. The fourth-order valence-electron chi connectivity index (χ4n) is 3.61. The maximum absolute atomic E-state index is 14.8. The van der Waals surface area contributed by atoms with Crippen LogP contribution in [0.15, 0.2) is 73.7 Å². The number of pyridine rings is 1. The standard InChI is InChI=1S/C24H24ClFN2O.C3H8.C2H6/c1-4-5-6-8-16(2)23-22(24(29)17-9-7-12-27-14-17)20(15-28(23)3)19-11-10-18(25)13-21(19)26;1-3-2;1-2/h4,6-16,24,29H,1,5H2,2-3H3;3H2,1-2H3;1-2H3/b8-6-;;. The van der Waals surface area contributed by atoms with Gasteiger partial charge in [-0.05, 0) is 30.7 Å². The smallest absolute Gasteiger partial charge is 0.132 e. The van der Waals surface area contributed by atoms with Crippen LogP contribution < -0.4 is 0 Å². The second kappa shape index (κ2) is 15.3. The zero-order valence-electron chi connectivity index (χ0n) is 21.2. The minimum atomic E-state index is -0.944. The summed E-state index contributed by atoms with van der Waals surface area (Å²) in [7, 11) is 1.91. The van der Waals surface area contributed by atoms with Crippen LogP contribution in [0.2, 0.25) is 5.02 Å². The Hall–Kier alpha value is -2.69. The van der Waals surface area contributed by atoms with Crippen molar-refractivity contribution in [2.45, 2.75) is 59.5 Å². The van der Waals surface area contributed by atoms with Gasteiger partial charge in [-0.3, -0.25) is 4.98 Å². The predicted octanol–water partition coefficient (Wildman–Crippen LogP) is 8.64. The van der Waals surface area contributed by atoms with Crippen LogP contribution in [-0.4, -0.2) is 14.7 Å². The third-order valence-electron chi connectivity index (χ3n) is 4.92. The van der Waals surface area contributed by atoms with Crippen molar-refractivity contribution in [3.8, 4) is 11.1 Å². The van der Waals surface area contributed by atoms with Gasteiger partial charge < -0.3 is 9.67 Å². The predicted molar refractivity (Wildman–Crippen MR) is 144 cm³/mol. The Balaban J connectivity index is 0.00000107. The molecule has 184 valence electrons. The van der Waals surface area contributed by atoms with Gasteiger partial charge in [0.1, 0.15) is 11.9 Å². The Bertz CT molecular complexity index is 1040. The van der Waals surface area contributed by atoms with Crippen molar-refractivity contribution in [2.75, 3.05) is 0 Å². The molecule has 1 N–H and O–H groups in total. The Kier molecular flexibility index (Phi) is 13.2. The summed E-state index contributed by atoms with van der Waals surface area (Å²) in [6.07, 6.45) is 12.1. The molecule has 0 aliphatic heterocycles. The van der Waals surface area contributed by atoms with Gasteiger partial charge in [-0.2, -0.15) is 0 Å². The molecule has 2 aromatic heterocycles. The maximum Gasteiger partial charge on any atom is 0.132 e. The lowest BCUT2D eigenvalue weighted by atomic mass is 9.91. The number of rotatable bonds is 7. The molecule has 2 atom stereocenters. The molecular weight excluding hydrogens is 447 g/mol. The van der Waals surface area contributed by atoms with Crippen molar-refractivity contribution in [1.29, 1.82) is 0 Å². The summed E-state index contributed by atoms with van der Waals surface area (Å²) in [5.74, 6) is -0.422. The van der Waals surface area contributed by atoms with E-state index in [1.54, 1.807) is 30.6 Å². The molecule has 3 nitrogen and oxygen atoms in total. The molecular formula is C29H38ClFN2O. The number of aliphatic hydroxyl groups excluding tert-OH is 1. The number of aliphatic hydroxyl groups is 1. The Morgan fingerprint density at radius 1 is 1.21 bits per heavy atom. The quantitative estimate of drug-likeness (QED) is 0.341. The van der Waals surface area contributed by atoms with E-state index in [-0.39, 0.29) is 5.92 Å². The average Bonchev–Trinajstić information content (AvgIpc) is 3.17. The summed E-state index contributed by atoms with van der Waals surface area (Å²) in [5, 5.41) is 11.6. The monoisotopic (exact) mass is 484 g/mol. The van der Waals surface area contributed by atoms with E-state index in [2.05, 4.69) is 38.4 Å². The summed E-state index contributed by atoms with van der Waals surface area (Å²) in [4.78, 5) is 4.12. The van der Waals surface area contributed by atoms with Crippen molar-refractivity contribution in [3.63, 3.8) is 0 Å². The van der Waals surface area contributed by atoms with Gasteiger partial charge in [0.2, 0.25) is 0 Å². The first-order valence-electron chi connectivity index (χ1n) is 11.9. The molecule has 0 aliphatic carbocycles. The normalized spacial score (nSPS) is 12.3. The number of hydrogen-bond acceptors (Lipinski definition) is 2. The second-order valence-electron chi connectivity index (χ2n) is 7.71. The highest BCUT2D eigenvalue weighted by atomic mass is 35.5. The highest BCUT2D eigenvalue weighted by molar-refractivity contribution is 6.30. The first kappa shape index (κ1) is 29.3. The van der Waals surface area contributed by atoms with Crippen LogP contribution in [-0.2, 0) is 7.05 Å². The van der Waals surface area contributed by atoms with E-state index in [0.717, 1.165) is 12.1 Å². The van der Waals surface area contributed by atoms with Crippen molar-refractivity contribution < 1.29 is 9.50 Å². The molecule has 5 heteroatoms. The largest absolute Gasteiger partial charge is 0.384 e. The number of nitrogens with zero attached hydrogens (tertiary/aromatic N) is 2. The van der Waals surface area contributed by atoms with Gasteiger partial charge in [0.05, 0.1) is 0 Å². The minimum Gasteiger partial charge on any atom is -0.384 e. The molecule has 0 aliphatic rings. The van der Waals surface area contributed by atoms with Crippen LogP contribution >= 0.6 is 11.6 Å². The van der Waals surface area contributed by atoms with E-state index in [4.69, 9.17) is 11.6 Å². The van der Waals surface area contributed by atoms with Gasteiger partial charge in [0.15, 0.2) is 0 Å². The molecule has 3 rings (SSSR count). The summed E-state index contributed by atoms with van der Waals surface area (Å²) in [5.41, 5.74) is 3.26. The molecule has 2 unspecified atom stereocenters. The van der Waals surface area contributed by atoms with Crippen LogP contribution in [0.1, 0.15) is 76.3 Å². The molecule has 2 heterocycles. The topological polar surface area (TPSA) is 38.1 Å². The van der Waals surface area contributed by atoms with Crippen molar-refractivity contribution in [1.82, 2.24) is 9.55 Å². The highest BCUT2D eigenvalue weighted by Gasteiger charge is 2.26. The lowest BCUT2D eigenvalue weighted by molar-refractivity contribution is 0.219. The molecule has 0 amide bonds. The van der Waals surface area contributed by atoms with Crippen LogP contribution in [0.3, 0.4) is 0 Å². The van der Waals surface area contributed by atoms with Crippen molar-refractivity contribution >= 4 is 11.6 Å². The van der Waals surface area contributed by atoms with Crippen molar-refractivity contribution in [2.24, 2.45) is 7.05 Å². The van der Waals surface area contributed by atoms with Crippen LogP contribution in [0.4, 0.5) is 4.39 Å². The summed E-state index contributed by atoms with van der Waals surface area (Å²) < 4.78 is 16.7. The number of hydrogen-bond donors (Lipinski definition) is 1. The molecule has 3 aromatic rings. The van der Waals surface area contributed by atoms with Gasteiger partial charge in [-0.1, -0.05) is 76.9 Å². The van der Waals surface area contributed by atoms with Gasteiger partial charge in [0.25, 0.3) is 0 Å². The van der Waals surface area contributed by atoms with E-state index < -0.39 is 11.9 Å². The Morgan fingerprint density at radius 2 is 1.88 bits per heavy atom.